The predicted octanol–water partition coefficient (Wildman–Crippen LogP) is 4.55. The van der Waals surface area contributed by atoms with Crippen LogP contribution >= 0.6 is 11.6 Å². The molecule has 0 aromatic heterocycles. The van der Waals surface area contributed by atoms with Crippen LogP contribution in [-0.2, 0) is 4.74 Å². The van der Waals surface area contributed by atoms with Crippen LogP contribution in [0.5, 0.6) is 0 Å². The highest BCUT2D eigenvalue weighted by Crippen LogP contribution is 2.27. The Morgan fingerprint density at radius 2 is 1.96 bits per heavy atom. The first kappa shape index (κ1) is 16.6. The molecule has 0 spiro atoms. The highest BCUT2D eigenvalue weighted by atomic mass is 35.5. The molecule has 4 heteroatoms. The summed E-state index contributed by atoms with van der Waals surface area (Å²) < 4.78 is 5.41. The number of nitriles is 1. The van der Waals surface area contributed by atoms with E-state index in [9.17, 15) is 5.26 Å². The van der Waals surface area contributed by atoms with Crippen LogP contribution in [0.4, 0.5) is 5.69 Å². The fourth-order valence-corrected chi connectivity index (χ4v) is 3.18. The number of hydrogen-bond acceptors (Lipinski definition) is 3. The number of anilines is 1. The van der Waals surface area contributed by atoms with Gasteiger partial charge in [0.25, 0.3) is 0 Å². The number of allylic oxidation sites excluding steroid dienone is 1. The van der Waals surface area contributed by atoms with Gasteiger partial charge in [-0.05, 0) is 42.3 Å². The van der Waals surface area contributed by atoms with Crippen LogP contribution in [0.15, 0.2) is 42.5 Å². The number of aryl methyl sites for hydroxylation is 1. The van der Waals surface area contributed by atoms with Gasteiger partial charge in [-0.15, -0.1) is 0 Å². The van der Waals surface area contributed by atoms with Crippen LogP contribution in [0.3, 0.4) is 0 Å². The lowest BCUT2D eigenvalue weighted by molar-refractivity contribution is 0.122. The Balaban J connectivity index is 1.91. The molecule has 1 aliphatic rings. The maximum absolute atomic E-state index is 9.49. The van der Waals surface area contributed by atoms with Gasteiger partial charge in [-0.1, -0.05) is 35.9 Å². The summed E-state index contributed by atoms with van der Waals surface area (Å²) in [5.41, 5.74) is 4.76. The molecule has 0 unspecified atom stereocenters. The van der Waals surface area contributed by atoms with E-state index in [1.165, 1.54) is 11.3 Å². The zero-order valence-corrected chi connectivity index (χ0v) is 14.4. The molecule has 3 nitrogen and oxygen atoms in total. The fraction of sp³-hybridized carbons (Fsp3) is 0.250. The minimum absolute atomic E-state index is 0.569. The molecule has 2 aromatic carbocycles. The third kappa shape index (κ3) is 3.62. The number of halogens is 1. The van der Waals surface area contributed by atoms with Crippen molar-refractivity contribution < 1.29 is 4.74 Å². The Bertz CT molecular complexity index is 802. The van der Waals surface area contributed by atoms with Gasteiger partial charge in [0.1, 0.15) is 0 Å². The van der Waals surface area contributed by atoms with Gasteiger partial charge < -0.3 is 9.64 Å². The van der Waals surface area contributed by atoms with Crippen LogP contribution < -0.4 is 4.90 Å². The summed E-state index contributed by atoms with van der Waals surface area (Å²) in [4.78, 5) is 2.34. The Morgan fingerprint density at radius 1 is 1.21 bits per heavy atom. The molecule has 3 rings (SSSR count). The molecule has 2 aromatic rings. The van der Waals surface area contributed by atoms with E-state index in [2.05, 4.69) is 30.0 Å². The average Bonchev–Trinajstić information content (AvgIpc) is 2.61. The van der Waals surface area contributed by atoms with Crippen molar-refractivity contribution in [2.24, 2.45) is 0 Å². The molecule has 0 amide bonds. The van der Waals surface area contributed by atoms with Gasteiger partial charge in [-0.25, -0.2) is 0 Å². The molecule has 0 aliphatic carbocycles. The van der Waals surface area contributed by atoms with Crippen molar-refractivity contribution in [3.8, 4) is 6.07 Å². The summed E-state index contributed by atoms with van der Waals surface area (Å²) in [5, 5.41) is 10.1. The number of nitrogens with zero attached hydrogens (tertiary/aromatic N) is 2. The van der Waals surface area contributed by atoms with Gasteiger partial charge in [0.2, 0.25) is 0 Å². The molecule has 24 heavy (non-hydrogen) atoms. The number of rotatable bonds is 3. The number of hydrogen-bond donors (Lipinski definition) is 0. The fourth-order valence-electron chi connectivity index (χ4n) is 2.94. The average molecular weight is 339 g/mol. The largest absolute Gasteiger partial charge is 0.378 e. The summed E-state index contributed by atoms with van der Waals surface area (Å²) >= 11 is 6.21. The van der Waals surface area contributed by atoms with E-state index < -0.39 is 0 Å². The van der Waals surface area contributed by atoms with E-state index >= 15 is 0 Å². The molecule has 122 valence electrons. The van der Waals surface area contributed by atoms with Crippen LogP contribution in [0.1, 0.15) is 16.7 Å². The first-order valence-electron chi connectivity index (χ1n) is 7.99. The SMILES string of the molecule is Cc1cc(C=C(C#N)c2ccccc2Cl)ccc1N1CCOCC1. The molecule has 0 N–H and O–H groups in total. The molecule has 0 radical (unpaired) electrons. The third-order valence-electron chi connectivity index (χ3n) is 4.17. The van der Waals surface area contributed by atoms with Gasteiger partial charge in [-0.2, -0.15) is 5.26 Å². The highest BCUT2D eigenvalue weighted by molar-refractivity contribution is 6.32. The summed E-state index contributed by atoms with van der Waals surface area (Å²) in [6.07, 6.45) is 1.89. The summed E-state index contributed by atoms with van der Waals surface area (Å²) in [6, 6.07) is 16.0. The third-order valence-corrected chi connectivity index (χ3v) is 4.50. The molecular formula is C20H19ClN2O. The molecular weight excluding hydrogens is 320 g/mol. The van der Waals surface area contributed by atoms with Gasteiger partial charge in [0, 0.05) is 29.4 Å². The second-order valence-corrected chi connectivity index (χ2v) is 6.20. The first-order valence-corrected chi connectivity index (χ1v) is 8.37. The Labute approximate surface area is 147 Å². The molecule has 0 atom stereocenters. The van der Waals surface area contributed by atoms with Gasteiger partial charge >= 0.3 is 0 Å². The Kier molecular flexibility index (Phi) is 5.20. The zero-order chi connectivity index (χ0) is 16.9. The van der Waals surface area contributed by atoms with Crippen molar-refractivity contribution in [1.29, 1.82) is 5.26 Å². The van der Waals surface area contributed by atoms with Crippen molar-refractivity contribution >= 4 is 28.9 Å². The van der Waals surface area contributed by atoms with Crippen molar-refractivity contribution in [3.63, 3.8) is 0 Å². The summed E-state index contributed by atoms with van der Waals surface area (Å²) in [5.74, 6) is 0. The predicted molar refractivity (Wildman–Crippen MR) is 99.1 cm³/mol. The quantitative estimate of drug-likeness (QED) is 0.608. The van der Waals surface area contributed by atoms with E-state index in [0.29, 0.717) is 10.6 Å². The standard InChI is InChI=1S/C20H19ClN2O/c1-15-12-16(6-7-20(15)23-8-10-24-11-9-23)13-17(14-22)18-4-2-3-5-19(18)21/h2-7,12-13H,8-11H2,1H3. The lowest BCUT2D eigenvalue weighted by Crippen LogP contribution is -2.36. The summed E-state index contributed by atoms with van der Waals surface area (Å²) in [6.45, 7) is 5.47. The second kappa shape index (κ2) is 7.53. The summed E-state index contributed by atoms with van der Waals surface area (Å²) in [7, 11) is 0. The zero-order valence-electron chi connectivity index (χ0n) is 13.6. The van der Waals surface area contributed by atoms with Gasteiger partial charge in [0.15, 0.2) is 0 Å². The van der Waals surface area contributed by atoms with Crippen molar-refractivity contribution in [3.05, 3.63) is 64.2 Å². The van der Waals surface area contributed by atoms with Gasteiger partial charge in [-0.3, -0.25) is 0 Å². The van der Waals surface area contributed by atoms with E-state index in [4.69, 9.17) is 16.3 Å². The number of morpholine rings is 1. The highest BCUT2D eigenvalue weighted by Gasteiger charge is 2.13. The smallest absolute Gasteiger partial charge is 0.0998 e. The normalized spacial score (nSPS) is 15.2. The van der Waals surface area contributed by atoms with E-state index in [-0.39, 0.29) is 0 Å². The minimum atomic E-state index is 0.569. The lowest BCUT2D eigenvalue weighted by Gasteiger charge is -2.30. The van der Waals surface area contributed by atoms with Crippen molar-refractivity contribution in [1.82, 2.24) is 0 Å². The molecule has 1 heterocycles. The maximum Gasteiger partial charge on any atom is 0.0998 e. The molecule has 0 saturated carbocycles. The second-order valence-electron chi connectivity index (χ2n) is 5.80. The van der Waals surface area contributed by atoms with Crippen molar-refractivity contribution in [2.45, 2.75) is 6.92 Å². The minimum Gasteiger partial charge on any atom is -0.378 e. The molecule has 1 fully saturated rings. The van der Waals surface area contributed by atoms with E-state index in [1.807, 2.05) is 30.3 Å². The van der Waals surface area contributed by atoms with Crippen LogP contribution in [0, 0.1) is 18.3 Å². The topological polar surface area (TPSA) is 36.3 Å². The van der Waals surface area contributed by atoms with Crippen LogP contribution in [0.25, 0.3) is 11.6 Å². The molecule has 0 bridgehead atoms. The number of benzene rings is 2. The van der Waals surface area contributed by atoms with Crippen molar-refractivity contribution in [2.75, 3.05) is 31.2 Å². The van der Waals surface area contributed by atoms with E-state index in [1.54, 1.807) is 6.07 Å². The van der Waals surface area contributed by atoms with Crippen LogP contribution in [-0.4, -0.2) is 26.3 Å². The van der Waals surface area contributed by atoms with E-state index in [0.717, 1.165) is 37.4 Å². The molecule has 1 saturated heterocycles. The van der Waals surface area contributed by atoms with Gasteiger partial charge in [0.05, 0.1) is 24.9 Å². The monoisotopic (exact) mass is 338 g/mol. The van der Waals surface area contributed by atoms with Crippen LogP contribution in [0.2, 0.25) is 5.02 Å². The molecule has 1 aliphatic heterocycles. The first-order chi connectivity index (χ1) is 11.7. The lowest BCUT2D eigenvalue weighted by atomic mass is 10.0. The number of ether oxygens (including phenoxy) is 1. The maximum atomic E-state index is 9.49. The Morgan fingerprint density at radius 3 is 2.62 bits per heavy atom. The Hall–Kier alpha value is -2.28.